The molecule has 0 saturated heterocycles. The standard InChI is InChI=1S/C18H25FN4O.HI/c1-18(2,3)15-11-22-16(24-15)12-23-17(20-4)21-10-9-13-5-7-14(19)8-6-13;/h5-8,11H,9-10,12H2,1-4H3,(H2,20,21,23);1H. The van der Waals surface area contributed by atoms with Crippen LogP contribution in [0.4, 0.5) is 4.39 Å². The van der Waals surface area contributed by atoms with E-state index in [1.54, 1.807) is 25.4 Å². The summed E-state index contributed by atoms with van der Waals surface area (Å²) in [5.74, 6) is 1.94. The molecule has 0 amide bonds. The lowest BCUT2D eigenvalue weighted by Crippen LogP contribution is -2.37. The van der Waals surface area contributed by atoms with Crippen molar-refractivity contribution in [3.05, 3.63) is 53.5 Å². The van der Waals surface area contributed by atoms with E-state index in [2.05, 4.69) is 41.4 Å². The van der Waals surface area contributed by atoms with Gasteiger partial charge in [-0.15, -0.1) is 24.0 Å². The number of aromatic nitrogens is 1. The van der Waals surface area contributed by atoms with Crippen LogP contribution in [0.15, 0.2) is 39.9 Å². The first kappa shape index (κ1) is 21.4. The second kappa shape index (κ2) is 9.74. The molecular weight excluding hydrogens is 434 g/mol. The van der Waals surface area contributed by atoms with Gasteiger partial charge in [-0.05, 0) is 24.1 Å². The first-order valence-electron chi connectivity index (χ1n) is 8.02. The molecular formula is C18H26FIN4O. The summed E-state index contributed by atoms with van der Waals surface area (Å²) in [6.45, 7) is 7.42. The lowest BCUT2D eigenvalue weighted by molar-refractivity contribution is 0.379. The normalized spacial score (nSPS) is 11.8. The summed E-state index contributed by atoms with van der Waals surface area (Å²) in [7, 11) is 1.71. The topological polar surface area (TPSA) is 62.5 Å². The fourth-order valence-electron chi connectivity index (χ4n) is 2.09. The molecule has 0 saturated carbocycles. The summed E-state index contributed by atoms with van der Waals surface area (Å²) in [5, 5.41) is 6.38. The smallest absolute Gasteiger partial charge is 0.213 e. The maximum Gasteiger partial charge on any atom is 0.213 e. The molecule has 1 aromatic heterocycles. The number of rotatable bonds is 5. The lowest BCUT2D eigenvalue weighted by atomic mass is 9.94. The van der Waals surface area contributed by atoms with Crippen molar-refractivity contribution in [1.82, 2.24) is 15.6 Å². The molecule has 25 heavy (non-hydrogen) atoms. The van der Waals surface area contributed by atoms with Crippen molar-refractivity contribution in [2.45, 2.75) is 39.2 Å². The molecule has 0 radical (unpaired) electrons. The fraction of sp³-hybridized carbons (Fsp3) is 0.444. The molecule has 2 rings (SSSR count). The average molecular weight is 460 g/mol. The van der Waals surface area contributed by atoms with Crippen molar-refractivity contribution < 1.29 is 8.81 Å². The molecule has 0 aliphatic rings. The van der Waals surface area contributed by atoms with Crippen LogP contribution in [0.2, 0.25) is 0 Å². The maximum atomic E-state index is 12.9. The molecule has 0 atom stereocenters. The van der Waals surface area contributed by atoms with Crippen molar-refractivity contribution in [1.29, 1.82) is 0 Å². The second-order valence-electron chi connectivity index (χ2n) is 6.60. The third-order valence-electron chi connectivity index (χ3n) is 3.54. The predicted octanol–water partition coefficient (Wildman–Crippen LogP) is 3.64. The predicted molar refractivity (Wildman–Crippen MR) is 109 cm³/mol. The summed E-state index contributed by atoms with van der Waals surface area (Å²) >= 11 is 0. The number of benzene rings is 1. The maximum absolute atomic E-state index is 12.9. The van der Waals surface area contributed by atoms with E-state index in [9.17, 15) is 4.39 Å². The highest BCUT2D eigenvalue weighted by Crippen LogP contribution is 2.22. The van der Waals surface area contributed by atoms with E-state index in [1.807, 2.05) is 0 Å². The molecule has 0 aliphatic heterocycles. The molecule has 7 heteroatoms. The molecule has 0 bridgehead atoms. The Labute approximate surface area is 165 Å². The first-order chi connectivity index (χ1) is 11.4. The largest absolute Gasteiger partial charge is 0.443 e. The highest BCUT2D eigenvalue weighted by Gasteiger charge is 2.19. The Hall–Kier alpha value is -1.64. The Bertz CT molecular complexity index is 677. The van der Waals surface area contributed by atoms with Crippen LogP contribution >= 0.6 is 24.0 Å². The Balaban J connectivity index is 0.00000312. The molecule has 2 N–H and O–H groups in total. The molecule has 0 fully saturated rings. The molecule has 1 aromatic carbocycles. The van der Waals surface area contributed by atoms with Crippen molar-refractivity contribution >= 4 is 29.9 Å². The van der Waals surface area contributed by atoms with Crippen LogP contribution in [0.25, 0.3) is 0 Å². The van der Waals surface area contributed by atoms with E-state index in [-0.39, 0.29) is 35.2 Å². The number of nitrogens with one attached hydrogen (secondary N) is 2. The summed E-state index contributed by atoms with van der Waals surface area (Å²) in [6.07, 6.45) is 2.55. The number of hydrogen-bond donors (Lipinski definition) is 2. The molecule has 0 spiro atoms. The van der Waals surface area contributed by atoms with Gasteiger partial charge in [-0.3, -0.25) is 4.99 Å². The van der Waals surface area contributed by atoms with Crippen molar-refractivity contribution in [3.8, 4) is 0 Å². The van der Waals surface area contributed by atoms with Gasteiger partial charge in [-0.1, -0.05) is 32.9 Å². The van der Waals surface area contributed by atoms with E-state index in [0.717, 1.165) is 17.7 Å². The SMILES string of the molecule is CN=C(NCCc1ccc(F)cc1)NCc1ncc(C(C)(C)C)o1.I. The zero-order valence-electron chi connectivity index (χ0n) is 15.1. The molecule has 5 nitrogen and oxygen atoms in total. The van der Waals surface area contributed by atoms with Gasteiger partial charge in [0.1, 0.15) is 11.6 Å². The number of halogens is 2. The van der Waals surface area contributed by atoms with Crippen LogP contribution in [0.5, 0.6) is 0 Å². The van der Waals surface area contributed by atoms with E-state index in [0.29, 0.717) is 24.9 Å². The number of guanidine groups is 1. The molecule has 0 aliphatic carbocycles. The minimum absolute atomic E-state index is 0. The lowest BCUT2D eigenvalue weighted by Gasteiger charge is -2.13. The Morgan fingerprint density at radius 2 is 1.88 bits per heavy atom. The van der Waals surface area contributed by atoms with Gasteiger partial charge < -0.3 is 15.1 Å². The Morgan fingerprint density at radius 1 is 1.20 bits per heavy atom. The number of nitrogens with zero attached hydrogens (tertiary/aromatic N) is 2. The summed E-state index contributed by atoms with van der Waals surface area (Å²) in [6, 6.07) is 6.51. The number of hydrogen-bond acceptors (Lipinski definition) is 3. The summed E-state index contributed by atoms with van der Waals surface area (Å²) in [5.41, 5.74) is 1.02. The number of oxazole rings is 1. The monoisotopic (exact) mass is 460 g/mol. The summed E-state index contributed by atoms with van der Waals surface area (Å²) in [4.78, 5) is 8.45. The molecule has 138 valence electrons. The van der Waals surface area contributed by atoms with Crippen molar-refractivity contribution in [3.63, 3.8) is 0 Å². The number of aliphatic imine (C=N–C) groups is 1. The Morgan fingerprint density at radius 3 is 2.44 bits per heavy atom. The van der Waals surface area contributed by atoms with Crippen LogP contribution in [0.3, 0.4) is 0 Å². The molecule has 1 heterocycles. The van der Waals surface area contributed by atoms with Gasteiger partial charge >= 0.3 is 0 Å². The molecule has 2 aromatic rings. The Kier molecular flexibility index (Phi) is 8.34. The minimum Gasteiger partial charge on any atom is -0.443 e. The van der Waals surface area contributed by atoms with Gasteiger partial charge in [0.05, 0.1) is 12.7 Å². The van der Waals surface area contributed by atoms with Gasteiger partial charge in [0.15, 0.2) is 5.96 Å². The van der Waals surface area contributed by atoms with Crippen LogP contribution in [0, 0.1) is 5.82 Å². The summed E-state index contributed by atoms with van der Waals surface area (Å²) < 4.78 is 18.6. The van der Waals surface area contributed by atoms with Gasteiger partial charge in [0.2, 0.25) is 5.89 Å². The van der Waals surface area contributed by atoms with Crippen molar-refractivity contribution in [2.24, 2.45) is 4.99 Å². The minimum atomic E-state index is -0.218. The van der Waals surface area contributed by atoms with Crippen LogP contribution in [-0.4, -0.2) is 24.5 Å². The van der Waals surface area contributed by atoms with Gasteiger partial charge in [0.25, 0.3) is 0 Å². The van der Waals surface area contributed by atoms with Gasteiger partial charge in [-0.2, -0.15) is 0 Å². The molecule has 0 unspecified atom stereocenters. The van der Waals surface area contributed by atoms with E-state index in [1.165, 1.54) is 12.1 Å². The second-order valence-corrected chi connectivity index (χ2v) is 6.60. The van der Waals surface area contributed by atoms with Gasteiger partial charge in [0, 0.05) is 19.0 Å². The third-order valence-corrected chi connectivity index (χ3v) is 3.54. The van der Waals surface area contributed by atoms with Crippen LogP contribution in [0.1, 0.15) is 38.0 Å². The fourth-order valence-corrected chi connectivity index (χ4v) is 2.09. The quantitative estimate of drug-likeness (QED) is 0.407. The van der Waals surface area contributed by atoms with E-state index >= 15 is 0 Å². The van der Waals surface area contributed by atoms with Gasteiger partial charge in [-0.25, -0.2) is 9.37 Å². The van der Waals surface area contributed by atoms with Crippen molar-refractivity contribution in [2.75, 3.05) is 13.6 Å². The zero-order valence-corrected chi connectivity index (χ0v) is 17.4. The average Bonchev–Trinajstić information content (AvgIpc) is 3.01. The highest BCUT2D eigenvalue weighted by molar-refractivity contribution is 14.0. The highest BCUT2D eigenvalue weighted by atomic mass is 127. The van der Waals surface area contributed by atoms with Crippen LogP contribution < -0.4 is 10.6 Å². The first-order valence-corrected chi connectivity index (χ1v) is 8.02. The third kappa shape index (κ3) is 7.01. The van der Waals surface area contributed by atoms with E-state index < -0.39 is 0 Å². The van der Waals surface area contributed by atoms with Crippen LogP contribution in [-0.2, 0) is 18.4 Å². The van der Waals surface area contributed by atoms with E-state index in [4.69, 9.17) is 4.42 Å². The zero-order chi connectivity index (χ0) is 17.6.